The van der Waals surface area contributed by atoms with E-state index in [1.165, 1.54) is 10.4 Å². The Morgan fingerprint density at radius 3 is 2.58 bits per heavy atom. The number of nitrogens with zero attached hydrogens (tertiary/aromatic N) is 2. The van der Waals surface area contributed by atoms with Crippen molar-refractivity contribution in [2.24, 2.45) is 0 Å². The number of hydrogen-bond donors (Lipinski definition) is 1. The van der Waals surface area contributed by atoms with Gasteiger partial charge in [0.05, 0.1) is 21.6 Å². The molecule has 1 aliphatic rings. The highest BCUT2D eigenvalue weighted by Gasteiger charge is 2.37. The number of rotatable bonds is 5. The van der Waals surface area contributed by atoms with Crippen LogP contribution in [0.3, 0.4) is 0 Å². The molecule has 0 radical (unpaired) electrons. The van der Waals surface area contributed by atoms with Gasteiger partial charge in [0.2, 0.25) is 15.9 Å². The standard InChI is InChI=1S/C16H17N3O3S2/c1-3-16(20)18-13-8-19(9-13)24(21,22)14-6-4-12(5-7-14)15-10-23-11(2)17-15/h3-7,10,13H,1,8-9H2,2H3,(H,18,20). The number of nitrogens with one attached hydrogen (secondary N) is 1. The highest BCUT2D eigenvalue weighted by molar-refractivity contribution is 7.89. The lowest BCUT2D eigenvalue weighted by atomic mass is 10.2. The minimum absolute atomic E-state index is 0.164. The van der Waals surface area contributed by atoms with E-state index in [1.807, 2.05) is 12.3 Å². The Labute approximate surface area is 144 Å². The van der Waals surface area contributed by atoms with Crippen LogP contribution in [0.2, 0.25) is 0 Å². The lowest BCUT2D eigenvalue weighted by Gasteiger charge is -2.38. The lowest BCUT2D eigenvalue weighted by molar-refractivity contribution is -0.117. The van der Waals surface area contributed by atoms with Crippen molar-refractivity contribution < 1.29 is 13.2 Å². The molecule has 1 fully saturated rings. The fourth-order valence-corrected chi connectivity index (χ4v) is 4.58. The van der Waals surface area contributed by atoms with Gasteiger partial charge in [-0.3, -0.25) is 4.79 Å². The quantitative estimate of drug-likeness (QED) is 0.822. The van der Waals surface area contributed by atoms with Crippen molar-refractivity contribution in [3.63, 3.8) is 0 Å². The minimum atomic E-state index is -3.53. The summed E-state index contributed by atoms with van der Waals surface area (Å²) in [6.45, 7) is 5.85. The first-order valence-corrected chi connectivity index (χ1v) is 9.68. The van der Waals surface area contributed by atoms with E-state index in [1.54, 1.807) is 35.6 Å². The molecule has 2 aromatic rings. The van der Waals surface area contributed by atoms with E-state index in [4.69, 9.17) is 0 Å². The van der Waals surface area contributed by atoms with Crippen molar-refractivity contribution in [1.82, 2.24) is 14.6 Å². The molecule has 0 saturated carbocycles. The number of thiazole rings is 1. The van der Waals surface area contributed by atoms with E-state index in [0.29, 0.717) is 0 Å². The van der Waals surface area contributed by atoms with Crippen molar-refractivity contribution >= 4 is 27.3 Å². The molecule has 0 bridgehead atoms. The van der Waals surface area contributed by atoms with Crippen LogP contribution < -0.4 is 5.32 Å². The average molecular weight is 363 g/mol. The topological polar surface area (TPSA) is 79.4 Å². The predicted octanol–water partition coefficient (Wildman–Crippen LogP) is 1.79. The first-order chi connectivity index (χ1) is 11.4. The third-order valence-corrected chi connectivity index (χ3v) is 6.41. The van der Waals surface area contributed by atoms with Gasteiger partial charge in [0.1, 0.15) is 0 Å². The highest BCUT2D eigenvalue weighted by Crippen LogP contribution is 2.26. The Balaban J connectivity index is 1.70. The molecule has 24 heavy (non-hydrogen) atoms. The minimum Gasteiger partial charge on any atom is -0.347 e. The van der Waals surface area contributed by atoms with Crippen LogP contribution in [0, 0.1) is 6.92 Å². The van der Waals surface area contributed by atoms with Gasteiger partial charge in [0.25, 0.3) is 0 Å². The van der Waals surface area contributed by atoms with Crippen molar-refractivity contribution in [3.05, 3.63) is 47.3 Å². The van der Waals surface area contributed by atoms with E-state index in [2.05, 4.69) is 16.9 Å². The Hall–Kier alpha value is -2.03. The second-order valence-electron chi connectivity index (χ2n) is 5.51. The van der Waals surface area contributed by atoms with Crippen molar-refractivity contribution in [2.75, 3.05) is 13.1 Å². The van der Waals surface area contributed by atoms with Gasteiger partial charge >= 0.3 is 0 Å². The summed E-state index contributed by atoms with van der Waals surface area (Å²) >= 11 is 1.55. The SMILES string of the molecule is C=CC(=O)NC1CN(S(=O)(=O)c2ccc(-c3csc(C)n3)cc2)C1. The summed E-state index contributed by atoms with van der Waals surface area (Å²) in [7, 11) is -3.53. The zero-order valence-corrected chi connectivity index (χ0v) is 14.7. The number of amides is 1. The maximum absolute atomic E-state index is 12.5. The van der Waals surface area contributed by atoms with Gasteiger partial charge in [-0.15, -0.1) is 11.3 Å². The monoisotopic (exact) mass is 363 g/mol. The van der Waals surface area contributed by atoms with Crippen LogP contribution in [-0.2, 0) is 14.8 Å². The van der Waals surface area contributed by atoms with Gasteiger partial charge in [0.15, 0.2) is 0 Å². The van der Waals surface area contributed by atoms with Crippen LogP contribution in [0.25, 0.3) is 11.3 Å². The second-order valence-corrected chi connectivity index (χ2v) is 8.51. The Bertz CT molecular complexity index is 866. The molecule has 1 amide bonds. The molecule has 1 aromatic carbocycles. The number of benzene rings is 1. The fraction of sp³-hybridized carbons (Fsp3) is 0.250. The van der Waals surface area contributed by atoms with E-state index in [0.717, 1.165) is 16.3 Å². The molecular weight excluding hydrogens is 346 g/mol. The van der Waals surface area contributed by atoms with Crippen LogP contribution in [-0.4, -0.2) is 42.7 Å². The Morgan fingerprint density at radius 1 is 1.38 bits per heavy atom. The fourth-order valence-electron chi connectivity index (χ4n) is 2.43. The molecule has 1 saturated heterocycles. The van der Waals surface area contributed by atoms with Crippen molar-refractivity contribution in [3.8, 4) is 11.3 Å². The van der Waals surface area contributed by atoms with Gasteiger partial charge < -0.3 is 5.32 Å². The third kappa shape index (κ3) is 3.26. The lowest BCUT2D eigenvalue weighted by Crippen LogP contribution is -2.60. The predicted molar refractivity (Wildman–Crippen MR) is 93.2 cm³/mol. The number of aryl methyl sites for hydroxylation is 1. The highest BCUT2D eigenvalue weighted by atomic mass is 32.2. The second kappa shape index (κ2) is 6.46. The molecule has 0 aliphatic carbocycles. The number of sulfonamides is 1. The average Bonchev–Trinajstić information content (AvgIpc) is 2.96. The van der Waals surface area contributed by atoms with E-state index in [-0.39, 0.29) is 29.9 Å². The van der Waals surface area contributed by atoms with E-state index >= 15 is 0 Å². The van der Waals surface area contributed by atoms with Crippen LogP contribution >= 0.6 is 11.3 Å². The molecule has 126 valence electrons. The molecule has 0 spiro atoms. The van der Waals surface area contributed by atoms with Gasteiger partial charge in [-0.25, -0.2) is 13.4 Å². The molecule has 1 aliphatic heterocycles. The number of carbonyl (C=O) groups is 1. The van der Waals surface area contributed by atoms with Gasteiger partial charge in [0, 0.05) is 24.0 Å². The van der Waals surface area contributed by atoms with Crippen LogP contribution in [0.1, 0.15) is 5.01 Å². The summed E-state index contributed by atoms with van der Waals surface area (Å²) in [6.07, 6.45) is 1.18. The maximum Gasteiger partial charge on any atom is 0.243 e. The normalized spacial score (nSPS) is 15.7. The number of carbonyl (C=O) groups excluding carboxylic acids is 1. The van der Waals surface area contributed by atoms with E-state index < -0.39 is 10.0 Å². The van der Waals surface area contributed by atoms with Crippen molar-refractivity contribution in [2.45, 2.75) is 17.9 Å². The van der Waals surface area contributed by atoms with Crippen LogP contribution in [0.5, 0.6) is 0 Å². The largest absolute Gasteiger partial charge is 0.347 e. The summed E-state index contributed by atoms with van der Waals surface area (Å²) < 4.78 is 26.4. The third-order valence-electron chi connectivity index (χ3n) is 3.79. The zero-order chi connectivity index (χ0) is 17.3. The Morgan fingerprint density at radius 2 is 2.04 bits per heavy atom. The summed E-state index contributed by atoms with van der Waals surface area (Å²) in [5.74, 6) is -0.292. The molecule has 0 unspecified atom stereocenters. The summed E-state index contributed by atoms with van der Waals surface area (Å²) in [4.78, 5) is 15.8. The summed E-state index contributed by atoms with van der Waals surface area (Å²) in [6, 6.07) is 6.54. The number of aromatic nitrogens is 1. The van der Waals surface area contributed by atoms with Gasteiger partial charge in [-0.2, -0.15) is 4.31 Å². The van der Waals surface area contributed by atoms with Crippen LogP contribution in [0.4, 0.5) is 0 Å². The van der Waals surface area contributed by atoms with Crippen molar-refractivity contribution in [1.29, 1.82) is 0 Å². The molecule has 2 heterocycles. The molecule has 3 rings (SSSR count). The van der Waals surface area contributed by atoms with E-state index in [9.17, 15) is 13.2 Å². The number of hydrogen-bond acceptors (Lipinski definition) is 5. The zero-order valence-electron chi connectivity index (χ0n) is 13.1. The first-order valence-electron chi connectivity index (χ1n) is 7.36. The molecule has 0 atom stereocenters. The molecule has 8 heteroatoms. The summed E-state index contributed by atoms with van der Waals surface area (Å²) in [5, 5.41) is 5.60. The van der Waals surface area contributed by atoms with Gasteiger partial charge in [-0.1, -0.05) is 18.7 Å². The molecule has 1 aromatic heterocycles. The molecular formula is C16H17N3O3S2. The molecule has 1 N–H and O–H groups in total. The van der Waals surface area contributed by atoms with Crippen LogP contribution in [0.15, 0.2) is 47.2 Å². The van der Waals surface area contributed by atoms with Gasteiger partial charge in [-0.05, 0) is 25.1 Å². The Kier molecular flexibility index (Phi) is 4.53. The first kappa shape index (κ1) is 16.8. The molecule has 6 nitrogen and oxygen atoms in total. The smallest absolute Gasteiger partial charge is 0.243 e. The maximum atomic E-state index is 12.5. The summed E-state index contributed by atoms with van der Waals surface area (Å²) in [5.41, 5.74) is 1.73.